The molecule has 0 amide bonds. The second-order valence-electron chi connectivity index (χ2n) is 5.22. The van der Waals surface area contributed by atoms with Crippen LogP contribution in [0.3, 0.4) is 0 Å². The summed E-state index contributed by atoms with van der Waals surface area (Å²) in [5.74, 6) is -0.271. The summed E-state index contributed by atoms with van der Waals surface area (Å²) in [6.45, 7) is 0. The summed E-state index contributed by atoms with van der Waals surface area (Å²) in [7, 11) is 0. The molecule has 0 saturated carbocycles. The van der Waals surface area contributed by atoms with E-state index in [0.29, 0.717) is 17.1 Å². The number of hydrogen-bond donors (Lipinski definition) is 2. The third-order valence-corrected chi connectivity index (χ3v) is 3.47. The molecule has 0 aliphatic heterocycles. The minimum atomic E-state index is -1.09. The summed E-state index contributed by atoms with van der Waals surface area (Å²) in [5, 5.41) is 30.8. The van der Waals surface area contributed by atoms with E-state index < -0.39 is 27.0 Å². The first-order valence-electron chi connectivity index (χ1n) is 7.35. The molecule has 1 aromatic carbocycles. The van der Waals surface area contributed by atoms with E-state index >= 15 is 0 Å². The average Bonchev–Trinajstić information content (AvgIpc) is 3.08. The lowest BCUT2D eigenvalue weighted by Gasteiger charge is -1.97. The van der Waals surface area contributed by atoms with Crippen LogP contribution in [0.1, 0.15) is 11.6 Å². The Morgan fingerprint density at radius 1 is 1.04 bits per heavy atom. The van der Waals surface area contributed by atoms with E-state index in [1.165, 1.54) is 36.4 Å². The number of nitrogens with zero attached hydrogens (tertiary/aromatic N) is 3. The zero-order valence-electron chi connectivity index (χ0n) is 13.4. The molecule has 0 radical (unpaired) electrons. The topological polar surface area (TPSA) is 165 Å². The molecule has 0 fully saturated rings. The number of H-pyrrole nitrogens is 1. The van der Waals surface area contributed by atoms with Crippen LogP contribution in [0.25, 0.3) is 23.5 Å². The predicted molar refractivity (Wildman–Crippen MR) is 92.9 cm³/mol. The summed E-state index contributed by atoms with van der Waals surface area (Å²) >= 11 is 0. The Morgan fingerprint density at radius 3 is 2.33 bits per heavy atom. The van der Waals surface area contributed by atoms with Gasteiger partial charge in [0.25, 0.3) is 11.6 Å². The van der Waals surface area contributed by atoms with Crippen LogP contribution < -0.4 is 5.56 Å². The number of aromatic hydroxyl groups is 1. The van der Waals surface area contributed by atoms with Gasteiger partial charge in [0.1, 0.15) is 17.3 Å². The molecule has 11 heteroatoms. The lowest BCUT2D eigenvalue weighted by molar-refractivity contribution is -0.387. The number of aromatic nitrogens is 2. The Bertz CT molecular complexity index is 1110. The van der Waals surface area contributed by atoms with Gasteiger partial charge in [-0.05, 0) is 36.4 Å². The lowest BCUT2D eigenvalue weighted by Crippen LogP contribution is -2.14. The van der Waals surface area contributed by atoms with Gasteiger partial charge in [-0.1, -0.05) is 0 Å². The molecule has 0 atom stereocenters. The first-order chi connectivity index (χ1) is 12.8. The minimum absolute atomic E-state index is 0.0431. The summed E-state index contributed by atoms with van der Waals surface area (Å²) in [6, 6.07) is 9.03. The Morgan fingerprint density at radius 2 is 1.74 bits per heavy atom. The highest BCUT2D eigenvalue weighted by atomic mass is 16.6. The number of furan rings is 1. The van der Waals surface area contributed by atoms with Crippen molar-refractivity contribution >= 4 is 23.5 Å². The third kappa shape index (κ3) is 3.71. The maximum Gasteiger partial charge on any atom is 0.395 e. The second-order valence-corrected chi connectivity index (χ2v) is 5.22. The van der Waals surface area contributed by atoms with Crippen molar-refractivity contribution < 1.29 is 19.4 Å². The van der Waals surface area contributed by atoms with Gasteiger partial charge in [-0.25, -0.2) is 0 Å². The molecule has 0 aliphatic carbocycles. The molecule has 136 valence electrons. The molecule has 11 nitrogen and oxygen atoms in total. The maximum atomic E-state index is 11.6. The molecule has 0 saturated heterocycles. The van der Waals surface area contributed by atoms with E-state index in [4.69, 9.17) is 4.42 Å². The molecular weight excluding hydrogens is 360 g/mol. The van der Waals surface area contributed by atoms with Gasteiger partial charge in [0, 0.05) is 17.7 Å². The molecule has 2 aromatic heterocycles. The van der Waals surface area contributed by atoms with Crippen molar-refractivity contribution in [1.82, 2.24) is 9.97 Å². The Kier molecular flexibility index (Phi) is 4.49. The molecule has 0 aliphatic rings. The Labute approximate surface area is 149 Å². The van der Waals surface area contributed by atoms with E-state index in [0.717, 1.165) is 0 Å². The highest BCUT2D eigenvalue weighted by Crippen LogP contribution is 2.25. The van der Waals surface area contributed by atoms with Crippen LogP contribution >= 0.6 is 0 Å². The van der Waals surface area contributed by atoms with Crippen molar-refractivity contribution in [3.05, 3.63) is 78.6 Å². The number of hydrogen-bond acceptors (Lipinski definition) is 8. The van der Waals surface area contributed by atoms with E-state index in [1.807, 2.05) is 0 Å². The molecule has 3 aromatic rings. The van der Waals surface area contributed by atoms with Crippen LogP contribution in [0.4, 0.5) is 11.4 Å². The first kappa shape index (κ1) is 17.5. The predicted octanol–water partition coefficient (Wildman–Crippen LogP) is 2.72. The molecule has 2 N–H and O–H groups in total. The van der Waals surface area contributed by atoms with Crippen molar-refractivity contribution in [3.8, 4) is 17.2 Å². The number of nitro benzene ring substituents is 1. The second kappa shape index (κ2) is 6.92. The van der Waals surface area contributed by atoms with Crippen LogP contribution in [0.15, 0.2) is 45.6 Å². The zero-order chi connectivity index (χ0) is 19.6. The molecule has 27 heavy (non-hydrogen) atoms. The van der Waals surface area contributed by atoms with E-state index in [2.05, 4.69) is 9.97 Å². The van der Waals surface area contributed by atoms with E-state index in [9.17, 15) is 30.1 Å². The number of rotatable bonds is 5. The smallest absolute Gasteiger partial charge is 0.395 e. The van der Waals surface area contributed by atoms with Crippen molar-refractivity contribution in [2.75, 3.05) is 0 Å². The summed E-state index contributed by atoms with van der Waals surface area (Å²) in [4.78, 5) is 37.0. The fraction of sp³-hybridized carbons (Fsp3) is 0. The Balaban J connectivity index is 1.82. The van der Waals surface area contributed by atoms with Gasteiger partial charge in [0.05, 0.1) is 9.85 Å². The average molecular weight is 370 g/mol. The van der Waals surface area contributed by atoms with Crippen molar-refractivity contribution in [2.24, 2.45) is 0 Å². The number of nitrogens with one attached hydrogen (secondary N) is 1. The SMILES string of the molecule is O=c1[nH]c(/C=C\c2ccc(-c3ccc([N+](=O)[O-])cc3)o2)nc(O)c1[N+](=O)[O-]. The van der Waals surface area contributed by atoms with Gasteiger partial charge < -0.3 is 14.5 Å². The van der Waals surface area contributed by atoms with Crippen molar-refractivity contribution in [2.45, 2.75) is 0 Å². The number of benzene rings is 1. The molecule has 2 heterocycles. The highest BCUT2D eigenvalue weighted by molar-refractivity contribution is 5.67. The number of aromatic amines is 1. The molecule has 0 spiro atoms. The third-order valence-electron chi connectivity index (χ3n) is 3.47. The van der Waals surface area contributed by atoms with Gasteiger partial charge >= 0.3 is 11.2 Å². The van der Waals surface area contributed by atoms with Crippen molar-refractivity contribution in [1.29, 1.82) is 0 Å². The van der Waals surface area contributed by atoms with E-state index in [-0.39, 0.29) is 11.5 Å². The van der Waals surface area contributed by atoms with Crippen LogP contribution in [0.2, 0.25) is 0 Å². The quantitative estimate of drug-likeness (QED) is 0.511. The summed E-state index contributed by atoms with van der Waals surface area (Å²) < 4.78 is 5.57. The van der Waals surface area contributed by atoms with Crippen LogP contribution in [-0.4, -0.2) is 24.9 Å². The largest absolute Gasteiger partial charge is 0.488 e. The number of non-ortho nitro benzene ring substituents is 1. The van der Waals surface area contributed by atoms with Crippen LogP contribution in [0.5, 0.6) is 5.88 Å². The molecule has 3 rings (SSSR count). The molecule has 0 unspecified atom stereocenters. The van der Waals surface area contributed by atoms with Crippen LogP contribution in [0, 0.1) is 20.2 Å². The number of nitro groups is 2. The standard InChI is InChI=1S/C16H10N4O7/c21-15-14(20(25)26)16(22)18-13(17-15)8-6-11-5-7-12(27-11)9-1-3-10(4-2-9)19(23)24/h1-8H,(H2,17,18,21,22)/b8-6-. The molecular formula is C16H10N4O7. The van der Waals surface area contributed by atoms with Gasteiger partial charge in [-0.3, -0.25) is 25.0 Å². The fourth-order valence-corrected chi connectivity index (χ4v) is 2.22. The van der Waals surface area contributed by atoms with Crippen molar-refractivity contribution in [3.63, 3.8) is 0 Å². The Hall–Kier alpha value is -4.28. The fourth-order valence-electron chi connectivity index (χ4n) is 2.22. The highest BCUT2D eigenvalue weighted by Gasteiger charge is 2.21. The summed E-state index contributed by atoms with van der Waals surface area (Å²) in [6.07, 6.45) is 2.72. The van der Waals surface area contributed by atoms with Crippen LogP contribution in [-0.2, 0) is 0 Å². The first-order valence-corrected chi connectivity index (χ1v) is 7.35. The summed E-state index contributed by atoms with van der Waals surface area (Å²) in [5.41, 5.74) is -1.54. The lowest BCUT2D eigenvalue weighted by atomic mass is 10.1. The monoisotopic (exact) mass is 370 g/mol. The van der Waals surface area contributed by atoms with Gasteiger partial charge in [-0.15, -0.1) is 0 Å². The zero-order valence-corrected chi connectivity index (χ0v) is 13.4. The maximum absolute atomic E-state index is 11.6. The molecule has 0 bridgehead atoms. The van der Waals surface area contributed by atoms with Gasteiger partial charge in [-0.2, -0.15) is 4.98 Å². The van der Waals surface area contributed by atoms with Gasteiger partial charge in [0.2, 0.25) is 0 Å². The van der Waals surface area contributed by atoms with Gasteiger partial charge in [0.15, 0.2) is 0 Å². The van der Waals surface area contributed by atoms with E-state index in [1.54, 1.807) is 12.1 Å². The normalized spacial score (nSPS) is 11.0. The minimum Gasteiger partial charge on any atom is -0.488 e.